The number of carbonyl (C=O) groups excluding carboxylic acids is 1. The first-order valence-corrected chi connectivity index (χ1v) is 16.0. The Balaban J connectivity index is 1.40. The van der Waals surface area contributed by atoms with E-state index in [1.54, 1.807) is 28.8 Å². The summed E-state index contributed by atoms with van der Waals surface area (Å²) < 4.78 is 13.7. The first-order chi connectivity index (χ1) is 21.7. The zero-order chi connectivity index (χ0) is 31.9. The van der Waals surface area contributed by atoms with E-state index in [9.17, 15) is 9.59 Å². The van der Waals surface area contributed by atoms with Crippen molar-refractivity contribution in [3.63, 3.8) is 0 Å². The van der Waals surface area contributed by atoms with Gasteiger partial charge in [-0.1, -0.05) is 43.6 Å². The van der Waals surface area contributed by atoms with E-state index in [1.807, 2.05) is 49.1 Å². The van der Waals surface area contributed by atoms with Gasteiger partial charge in [-0.3, -0.25) is 24.0 Å². The highest BCUT2D eigenvalue weighted by Crippen LogP contribution is 2.28. The minimum atomic E-state index is -0.127. The van der Waals surface area contributed by atoms with E-state index in [2.05, 4.69) is 35.8 Å². The second-order valence-corrected chi connectivity index (χ2v) is 12.0. The zero-order valence-electron chi connectivity index (χ0n) is 26.5. The third kappa shape index (κ3) is 8.03. The van der Waals surface area contributed by atoms with Gasteiger partial charge in [-0.15, -0.1) is 0 Å². The quantitative estimate of drug-likeness (QED) is 0.207. The van der Waals surface area contributed by atoms with Gasteiger partial charge in [-0.25, -0.2) is 4.98 Å². The standard InChI is InChI=1S/C35H42ClN5O4/c1-5-38(6-2)22-26-11-16-32(45-25(3)4)31(21-26)41-33(37-30-10-8-7-9-29(30)35(41)43)23-39-17-19-40(20-18-39)34(42)24-44-28-14-12-27(36)13-15-28/h7-16,21,25H,5-6,17-20,22-24H2,1-4H3. The van der Waals surface area contributed by atoms with Crippen LogP contribution in [-0.4, -0.2) is 82.1 Å². The average Bonchev–Trinajstić information content (AvgIpc) is 3.04. The molecule has 9 nitrogen and oxygen atoms in total. The molecule has 238 valence electrons. The summed E-state index contributed by atoms with van der Waals surface area (Å²) in [4.78, 5) is 38.5. The van der Waals surface area contributed by atoms with Crippen LogP contribution in [0.2, 0.25) is 5.02 Å². The van der Waals surface area contributed by atoms with E-state index in [0.717, 1.165) is 25.2 Å². The van der Waals surface area contributed by atoms with Gasteiger partial charge in [0.2, 0.25) is 0 Å². The van der Waals surface area contributed by atoms with Gasteiger partial charge in [0.15, 0.2) is 6.61 Å². The summed E-state index contributed by atoms with van der Waals surface area (Å²) in [5, 5.41) is 1.18. The highest BCUT2D eigenvalue weighted by atomic mass is 35.5. The zero-order valence-corrected chi connectivity index (χ0v) is 27.3. The number of carbonyl (C=O) groups is 1. The van der Waals surface area contributed by atoms with Crippen LogP contribution in [0.3, 0.4) is 0 Å². The molecule has 1 aliphatic rings. The number of hydrogen-bond acceptors (Lipinski definition) is 7. The van der Waals surface area contributed by atoms with Crippen molar-refractivity contribution in [3.8, 4) is 17.2 Å². The number of hydrogen-bond donors (Lipinski definition) is 0. The lowest BCUT2D eigenvalue weighted by Crippen LogP contribution is -2.50. The van der Waals surface area contributed by atoms with E-state index in [0.29, 0.717) is 71.7 Å². The summed E-state index contributed by atoms with van der Waals surface area (Å²) in [6.45, 7) is 13.7. The molecule has 1 fully saturated rings. The van der Waals surface area contributed by atoms with Crippen molar-refractivity contribution in [1.29, 1.82) is 0 Å². The third-order valence-electron chi connectivity index (χ3n) is 8.04. The fourth-order valence-corrected chi connectivity index (χ4v) is 5.68. The van der Waals surface area contributed by atoms with Gasteiger partial charge >= 0.3 is 0 Å². The largest absolute Gasteiger partial charge is 0.489 e. The molecule has 2 heterocycles. The van der Waals surface area contributed by atoms with Crippen molar-refractivity contribution in [3.05, 3.63) is 93.5 Å². The molecule has 45 heavy (non-hydrogen) atoms. The predicted molar refractivity (Wildman–Crippen MR) is 179 cm³/mol. The molecule has 0 saturated carbocycles. The molecule has 1 saturated heterocycles. The van der Waals surface area contributed by atoms with Crippen molar-refractivity contribution in [2.24, 2.45) is 0 Å². The number of nitrogens with zero attached hydrogens (tertiary/aromatic N) is 5. The molecule has 0 unspecified atom stereocenters. The molecule has 0 aliphatic carbocycles. The van der Waals surface area contributed by atoms with Crippen molar-refractivity contribution in [2.75, 3.05) is 45.9 Å². The van der Waals surface area contributed by atoms with Gasteiger partial charge in [0.25, 0.3) is 11.5 Å². The van der Waals surface area contributed by atoms with Crippen LogP contribution in [0.5, 0.6) is 11.5 Å². The molecular formula is C35H42ClN5O4. The fraction of sp³-hybridized carbons (Fsp3) is 0.400. The lowest BCUT2D eigenvalue weighted by Gasteiger charge is -2.34. The number of aromatic nitrogens is 2. The van der Waals surface area contributed by atoms with Gasteiger partial charge in [0.1, 0.15) is 17.3 Å². The minimum Gasteiger partial charge on any atom is -0.489 e. The van der Waals surface area contributed by atoms with Crippen LogP contribution in [-0.2, 0) is 17.9 Å². The smallest absolute Gasteiger partial charge is 0.266 e. The number of halogens is 1. The third-order valence-corrected chi connectivity index (χ3v) is 8.29. The highest BCUT2D eigenvalue weighted by Gasteiger charge is 2.25. The van der Waals surface area contributed by atoms with Gasteiger partial charge < -0.3 is 14.4 Å². The number of piperazine rings is 1. The summed E-state index contributed by atoms with van der Waals surface area (Å²) in [5.74, 6) is 1.82. The molecule has 1 aliphatic heterocycles. The Kier molecular flexibility index (Phi) is 10.8. The molecule has 10 heteroatoms. The van der Waals surface area contributed by atoms with E-state index in [-0.39, 0.29) is 24.2 Å². The number of amides is 1. The first-order valence-electron chi connectivity index (χ1n) is 15.7. The van der Waals surface area contributed by atoms with Crippen LogP contribution >= 0.6 is 11.6 Å². The normalized spacial score (nSPS) is 14.0. The van der Waals surface area contributed by atoms with Crippen LogP contribution < -0.4 is 15.0 Å². The SMILES string of the molecule is CCN(CC)Cc1ccc(OC(C)C)c(-n2c(CN3CCN(C(=O)COc4ccc(Cl)cc4)CC3)nc3ccccc3c2=O)c1. The first kappa shape index (κ1) is 32.5. The maximum absolute atomic E-state index is 14.2. The van der Waals surface area contributed by atoms with Crippen molar-refractivity contribution < 1.29 is 14.3 Å². The van der Waals surface area contributed by atoms with E-state index in [1.165, 1.54) is 0 Å². The highest BCUT2D eigenvalue weighted by molar-refractivity contribution is 6.30. The topological polar surface area (TPSA) is 80.1 Å². The molecule has 5 rings (SSSR count). The molecule has 3 aromatic carbocycles. The Hall–Kier alpha value is -3.92. The van der Waals surface area contributed by atoms with Gasteiger partial charge in [0, 0.05) is 37.7 Å². The average molecular weight is 632 g/mol. The maximum Gasteiger partial charge on any atom is 0.266 e. The number of benzene rings is 3. The monoisotopic (exact) mass is 631 g/mol. The van der Waals surface area contributed by atoms with Crippen LogP contribution in [0.25, 0.3) is 16.6 Å². The molecular weight excluding hydrogens is 590 g/mol. The number of rotatable bonds is 12. The minimum absolute atomic E-state index is 0.0319. The maximum atomic E-state index is 14.2. The summed E-state index contributed by atoms with van der Waals surface area (Å²) >= 11 is 5.95. The van der Waals surface area contributed by atoms with Crippen LogP contribution in [0.1, 0.15) is 39.1 Å². The van der Waals surface area contributed by atoms with Gasteiger partial charge in [-0.05, 0) is 81.0 Å². The summed E-state index contributed by atoms with van der Waals surface area (Å²) in [6.07, 6.45) is -0.0702. The molecule has 0 radical (unpaired) electrons. The van der Waals surface area contributed by atoms with Crippen LogP contribution in [0.15, 0.2) is 71.5 Å². The molecule has 0 N–H and O–H groups in total. The van der Waals surface area contributed by atoms with E-state index < -0.39 is 0 Å². The molecule has 1 amide bonds. The van der Waals surface area contributed by atoms with Gasteiger partial charge in [0.05, 0.1) is 29.2 Å². The molecule has 0 spiro atoms. The fourth-order valence-electron chi connectivity index (χ4n) is 5.55. The Bertz CT molecular complexity index is 1660. The predicted octanol–water partition coefficient (Wildman–Crippen LogP) is 5.39. The number of ether oxygens (including phenoxy) is 2. The molecule has 0 bridgehead atoms. The Labute approximate surface area is 269 Å². The summed E-state index contributed by atoms with van der Waals surface area (Å²) in [5.41, 5.74) is 2.33. The number of fused-ring (bicyclic) bond motifs is 1. The van der Waals surface area contributed by atoms with Gasteiger partial charge in [-0.2, -0.15) is 0 Å². The lowest BCUT2D eigenvalue weighted by molar-refractivity contribution is -0.135. The molecule has 1 aromatic heterocycles. The van der Waals surface area contributed by atoms with Crippen molar-refractivity contribution in [1.82, 2.24) is 24.3 Å². The van der Waals surface area contributed by atoms with Crippen molar-refractivity contribution in [2.45, 2.75) is 46.9 Å². The summed E-state index contributed by atoms with van der Waals surface area (Å²) in [6, 6.07) is 20.5. The summed E-state index contributed by atoms with van der Waals surface area (Å²) in [7, 11) is 0. The van der Waals surface area contributed by atoms with Crippen LogP contribution in [0.4, 0.5) is 0 Å². The number of para-hydroxylation sites is 1. The Morgan fingerprint density at radius 3 is 2.38 bits per heavy atom. The molecule has 4 aromatic rings. The van der Waals surface area contributed by atoms with Crippen molar-refractivity contribution >= 4 is 28.4 Å². The Morgan fingerprint density at radius 2 is 1.69 bits per heavy atom. The van der Waals surface area contributed by atoms with E-state index in [4.69, 9.17) is 26.1 Å². The Morgan fingerprint density at radius 1 is 0.978 bits per heavy atom. The second kappa shape index (κ2) is 14.9. The second-order valence-electron chi connectivity index (χ2n) is 11.5. The molecule has 0 atom stereocenters. The van der Waals surface area contributed by atoms with Crippen LogP contribution in [0, 0.1) is 0 Å². The van der Waals surface area contributed by atoms with E-state index >= 15 is 0 Å². The lowest BCUT2D eigenvalue weighted by atomic mass is 10.1.